The van der Waals surface area contributed by atoms with E-state index in [1.807, 2.05) is 0 Å². The van der Waals surface area contributed by atoms with Gasteiger partial charge in [-0.15, -0.1) is 0 Å². The predicted molar refractivity (Wildman–Crippen MR) is 53.2 cm³/mol. The van der Waals surface area contributed by atoms with Crippen LogP contribution in [-0.4, -0.2) is 21.8 Å². The molecule has 80 valence electrons. The molecule has 0 spiro atoms. The van der Waals surface area contributed by atoms with Gasteiger partial charge in [0.15, 0.2) is 0 Å². The topological polar surface area (TPSA) is 65.2 Å². The van der Waals surface area contributed by atoms with Crippen molar-refractivity contribution in [1.29, 1.82) is 0 Å². The van der Waals surface area contributed by atoms with Crippen molar-refractivity contribution in [1.82, 2.24) is 0 Å². The quantitative estimate of drug-likeness (QED) is 0.466. The number of hydrogen-bond acceptors (Lipinski definition) is 4. The van der Waals surface area contributed by atoms with Crippen molar-refractivity contribution in [2.75, 3.05) is 0 Å². The lowest BCUT2D eigenvalue weighted by Gasteiger charge is -2.24. The van der Waals surface area contributed by atoms with Crippen molar-refractivity contribution in [3.8, 4) is 0 Å². The van der Waals surface area contributed by atoms with Crippen LogP contribution in [0.2, 0.25) is 0 Å². The van der Waals surface area contributed by atoms with Gasteiger partial charge in [0.1, 0.15) is 0 Å². The van der Waals surface area contributed by atoms with Crippen LogP contribution in [0.15, 0.2) is 10.3 Å². The molecule has 6 unspecified atom stereocenters. The van der Waals surface area contributed by atoms with Crippen LogP contribution in [-0.2, 0) is 0 Å². The Morgan fingerprint density at radius 1 is 0.800 bits per heavy atom. The maximum atomic E-state index is 9.02. The Balaban J connectivity index is 1.87. The molecule has 4 heteroatoms. The summed E-state index contributed by atoms with van der Waals surface area (Å²) in [7, 11) is 0. The highest BCUT2D eigenvalue weighted by Gasteiger charge is 2.67. The summed E-state index contributed by atoms with van der Waals surface area (Å²) in [4.78, 5) is 0. The number of hydrogen-bond donors (Lipinski definition) is 2. The molecule has 4 saturated carbocycles. The van der Waals surface area contributed by atoms with E-state index in [1.54, 1.807) is 0 Å². The second-order valence-electron chi connectivity index (χ2n) is 5.53. The summed E-state index contributed by atoms with van der Waals surface area (Å²) < 4.78 is 0. The van der Waals surface area contributed by atoms with Gasteiger partial charge < -0.3 is 10.4 Å². The molecule has 4 aliphatic rings. The third-order valence-corrected chi connectivity index (χ3v) is 5.42. The van der Waals surface area contributed by atoms with E-state index in [2.05, 4.69) is 10.3 Å². The monoisotopic (exact) mass is 206 g/mol. The van der Waals surface area contributed by atoms with E-state index >= 15 is 0 Å². The summed E-state index contributed by atoms with van der Waals surface area (Å²) in [5.41, 5.74) is 1.95. The SMILES string of the molecule is ON=C1CC2C3C/C(=N\O)C4C3CC2C14. The van der Waals surface area contributed by atoms with Crippen molar-refractivity contribution >= 4 is 11.4 Å². The van der Waals surface area contributed by atoms with E-state index in [0.29, 0.717) is 23.7 Å². The van der Waals surface area contributed by atoms with Crippen LogP contribution < -0.4 is 0 Å². The Bertz CT molecular complexity index is 350. The molecule has 0 aromatic rings. The molecular weight excluding hydrogens is 192 g/mol. The first-order valence-electron chi connectivity index (χ1n) is 5.76. The zero-order chi connectivity index (χ0) is 10.2. The average Bonchev–Trinajstić information content (AvgIpc) is 2.83. The van der Waals surface area contributed by atoms with Crippen LogP contribution >= 0.6 is 0 Å². The fourth-order valence-corrected chi connectivity index (χ4v) is 5.14. The highest BCUT2D eigenvalue weighted by atomic mass is 16.4. The first-order valence-corrected chi connectivity index (χ1v) is 5.76. The molecule has 0 aromatic heterocycles. The standard InChI is InChI=1S/C11H14N2O2/c14-12-8-2-4-5-3-9(13-15)11-7(5)1-6(4)10(8)11/h4-7,10-11,14-15H,1-3H2/b12-8+,13-9?. The van der Waals surface area contributed by atoms with Crippen molar-refractivity contribution < 1.29 is 10.4 Å². The number of nitrogens with zero attached hydrogens (tertiary/aromatic N) is 2. The number of rotatable bonds is 0. The van der Waals surface area contributed by atoms with Crippen LogP contribution in [0.1, 0.15) is 19.3 Å². The van der Waals surface area contributed by atoms with E-state index in [1.165, 1.54) is 6.42 Å². The first kappa shape index (κ1) is 8.13. The summed E-state index contributed by atoms with van der Waals surface area (Å²) in [6.07, 6.45) is 3.24. The van der Waals surface area contributed by atoms with Crippen molar-refractivity contribution in [3.05, 3.63) is 0 Å². The summed E-state index contributed by atoms with van der Waals surface area (Å²) in [6.45, 7) is 0. The fourth-order valence-electron chi connectivity index (χ4n) is 5.14. The highest BCUT2D eigenvalue weighted by Crippen LogP contribution is 2.68. The molecule has 0 radical (unpaired) electrons. The summed E-state index contributed by atoms with van der Waals surface area (Å²) in [5.74, 6) is 3.65. The lowest BCUT2D eigenvalue weighted by molar-refractivity contribution is 0.240. The van der Waals surface area contributed by atoms with Crippen molar-refractivity contribution in [2.45, 2.75) is 19.3 Å². The molecule has 4 fully saturated rings. The maximum absolute atomic E-state index is 9.02. The van der Waals surface area contributed by atoms with Gasteiger partial charge in [-0.1, -0.05) is 10.3 Å². The van der Waals surface area contributed by atoms with Gasteiger partial charge in [0.05, 0.1) is 11.4 Å². The lowest BCUT2D eigenvalue weighted by atomic mass is 9.79. The second kappa shape index (κ2) is 2.36. The zero-order valence-corrected chi connectivity index (χ0v) is 8.37. The Labute approximate surface area is 87.7 Å². The van der Waals surface area contributed by atoms with E-state index in [0.717, 1.165) is 36.1 Å². The Hall–Kier alpha value is -1.06. The Morgan fingerprint density at radius 3 is 1.67 bits per heavy atom. The van der Waals surface area contributed by atoms with E-state index < -0.39 is 0 Å². The first-order chi connectivity index (χ1) is 7.35. The molecule has 2 N–H and O–H groups in total. The summed E-state index contributed by atoms with van der Waals surface area (Å²) >= 11 is 0. The minimum absolute atomic E-state index is 0.398. The largest absolute Gasteiger partial charge is 0.411 e. The zero-order valence-electron chi connectivity index (χ0n) is 8.37. The van der Waals surface area contributed by atoms with E-state index in [-0.39, 0.29) is 0 Å². The van der Waals surface area contributed by atoms with Gasteiger partial charge in [0.25, 0.3) is 0 Å². The van der Waals surface area contributed by atoms with Crippen LogP contribution in [0.5, 0.6) is 0 Å². The fraction of sp³-hybridized carbons (Fsp3) is 0.818. The van der Waals surface area contributed by atoms with Gasteiger partial charge in [0, 0.05) is 11.8 Å². The van der Waals surface area contributed by atoms with Gasteiger partial charge >= 0.3 is 0 Å². The maximum Gasteiger partial charge on any atom is 0.0614 e. The van der Waals surface area contributed by atoms with Crippen LogP contribution in [0, 0.1) is 35.5 Å². The third kappa shape index (κ3) is 0.703. The van der Waals surface area contributed by atoms with E-state index in [4.69, 9.17) is 10.4 Å². The minimum atomic E-state index is 0.398. The molecule has 0 aromatic carbocycles. The van der Waals surface area contributed by atoms with Gasteiger partial charge in [-0.05, 0) is 42.9 Å². The van der Waals surface area contributed by atoms with Gasteiger partial charge in [-0.25, -0.2) is 0 Å². The molecule has 0 aliphatic heterocycles. The normalized spacial score (nSPS) is 60.0. The molecular formula is C11H14N2O2. The third-order valence-electron chi connectivity index (χ3n) is 5.42. The van der Waals surface area contributed by atoms with Crippen molar-refractivity contribution in [3.63, 3.8) is 0 Å². The molecule has 2 bridgehead atoms. The van der Waals surface area contributed by atoms with E-state index in [9.17, 15) is 0 Å². The molecule has 4 nitrogen and oxygen atoms in total. The molecule has 4 rings (SSSR count). The predicted octanol–water partition coefficient (Wildman–Crippen LogP) is 1.57. The highest BCUT2D eigenvalue weighted by molar-refractivity contribution is 6.00. The van der Waals surface area contributed by atoms with Crippen LogP contribution in [0.3, 0.4) is 0 Å². The van der Waals surface area contributed by atoms with Gasteiger partial charge in [-0.3, -0.25) is 0 Å². The molecule has 0 saturated heterocycles. The minimum Gasteiger partial charge on any atom is -0.411 e. The lowest BCUT2D eigenvalue weighted by Crippen LogP contribution is -2.26. The second-order valence-corrected chi connectivity index (χ2v) is 5.53. The molecule has 15 heavy (non-hydrogen) atoms. The summed E-state index contributed by atoms with van der Waals surface area (Å²) in [5, 5.41) is 25.0. The van der Waals surface area contributed by atoms with Gasteiger partial charge in [0.2, 0.25) is 0 Å². The number of oxime groups is 2. The Morgan fingerprint density at radius 2 is 1.27 bits per heavy atom. The Kier molecular flexibility index (Phi) is 1.28. The van der Waals surface area contributed by atoms with Crippen LogP contribution in [0.25, 0.3) is 0 Å². The molecule has 4 aliphatic carbocycles. The number of fused-ring (bicyclic) bond motifs is 2. The van der Waals surface area contributed by atoms with Crippen LogP contribution in [0.4, 0.5) is 0 Å². The van der Waals surface area contributed by atoms with Crippen molar-refractivity contribution in [2.24, 2.45) is 45.8 Å². The average molecular weight is 206 g/mol. The summed E-state index contributed by atoms with van der Waals surface area (Å²) in [6, 6.07) is 0. The smallest absolute Gasteiger partial charge is 0.0614 e. The molecule has 0 amide bonds. The van der Waals surface area contributed by atoms with Gasteiger partial charge in [-0.2, -0.15) is 0 Å². The molecule has 0 heterocycles. The molecule has 6 atom stereocenters.